The van der Waals surface area contributed by atoms with Crippen LogP contribution in [0.2, 0.25) is 0 Å². The summed E-state index contributed by atoms with van der Waals surface area (Å²) in [4.78, 5) is 14.2. The molecule has 1 aliphatic rings. The van der Waals surface area contributed by atoms with E-state index in [1.807, 2.05) is 42.0 Å². The zero-order chi connectivity index (χ0) is 19.6. The second kappa shape index (κ2) is 8.13. The Morgan fingerprint density at radius 1 is 1.30 bits per heavy atom. The Kier molecular flexibility index (Phi) is 5.85. The zero-order valence-electron chi connectivity index (χ0n) is 16.9. The molecule has 0 unspecified atom stereocenters. The molecule has 1 aromatic heterocycles. The van der Waals surface area contributed by atoms with Crippen LogP contribution < -0.4 is 10.1 Å². The third-order valence-corrected chi connectivity index (χ3v) is 5.83. The number of methoxy groups -OCH3 is 1. The number of aryl methyl sites for hydroxylation is 1. The Morgan fingerprint density at radius 3 is 2.59 bits per heavy atom. The lowest BCUT2D eigenvalue weighted by Gasteiger charge is -2.25. The lowest BCUT2D eigenvalue weighted by Crippen LogP contribution is -2.31. The summed E-state index contributed by atoms with van der Waals surface area (Å²) < 4.78 is 7.10. The van der Waals surface area contributed by atoms with E-state index in [1.54, 1.807) is 7.11 Å². The molecule has 2 aromatic rings. The van der Waals surface area contributed by atoms with Crippen molar-refractivity contribution in [1.29, 1.82) is 0 Å². The quantitative estimate of drug-likeness (QED) is 0.814. The van der Waals surface area contributed by atoms with E-state index in [1.165, 1.54) is 5.56 Å². The molecule has 1 saturated heterocycles. The number of nitrogens with zero attached hydrogens (tertiary/aromatic N) is 3. The van der Waals surface area contributed by atoms with Gasteiger partial charge in [-0.2, -0.15) is 5.10 Å². The van der Waals surface area contributed by atoms with Gasteiger partial charge in [-0.15, -0.1) is 0 Å². The van der Waals surface area contributed by atoms with Crippen molar-refractivity contribution in [1.82, 2.24) is 20.0 Å². The molecule has 1 amide bonds. The van der Waals surface area contributed by atoms with Gasteiger partial charge in [0.1, 0.15) is 5.75 Å². The topological polar surface area (TPSA) is 59.4 Å². The van der Waals surface area contributed by atoms with E-state index in [0.717, 1.165) is 30.1 Å². The molecule has 3 rings (SSSR count). The van der Waals surface area contributed by atoms with E-state index in [-0.39, 0.29) is 17.9 Å². The van der Waals surface area contributed by atoms with Crippen molar-refractivity contribution in [3.8, 4) is 5.75 Å². The van der Waals surface area contributed by atoms with Crippen LogP contribution in [0.15, 0.2) is 30.5 Å². The normalized spacial score (nSPS) is 20.9. The second-order valence-corrected chi connectivity index (χ2v) is 7.56. The third-order valence-electron chi connectivity index (χ3n) is 5.83. The summed E-state index contributed by atoms with van der Waals surface area (Å²) in [5.41, 5.74) is 3.56. The van der Waals surface area contributed by atoms with Gasteiger partial charge in [-0.1, -0.05) is 19.1 Å². The van der Waals surface area contributed by atoms with Crippen LogP contribution in [0, 0.1) is 12.8 Å². The van der Waals surface area contributed by atoms with Crippen LogP contribution in [0.3, 0.4) is 0 Å². The predicted molar refractivity (Wildman–Crippen MR) is 106 cm³/mol. The van der Waals surface area contributed by atoms with Crippen LogP contribution in [0.4, 0.5) is 0 Å². The molecule has 27 heavy (non-hydrogen) atoms. The summed E-state index contributed by atoms with van der Waals surface area (Å²) >= 11 is 0. The molecule has 1 aliphatic heterocycles. The number of carbonyl (C=O) groups is 1. The fourth-order valence-electron chi connectivity index (χ4n) is 3.94. The fourth-order valence-corrected chi connectivity index (χ4v) is 3.94. The minimum absolute atomic E-state index is 0.0926. The van der Waals surface area contributed by atoms with Gasteiger partial charge in [-0.25, -0.2) is 0 Å². The summed E-state index contributed by atoms with van der Waals surface area (Å²) in [5.74, 6) is 1.73. The van der Waals surface area contributed by atoms with E-state index in [4.69, 9.17) is 4.74 Å². The van der Waals surface area contributed by atoms with Gasteiger partial charge in [0.15, 0.2) is 0 Å². The Labute approximate surface area is 161 Å². The first-order chi connectivity index (χ1) is 12.9. The summed E-state index contributed by atoms with van der Waals surface area (Å²) in [7, 11) is 5.53. The number of rotatable bonds is 7. The third kappa shape index (κ3) is 4.00. The largest absolute Gasteiger partial charge is 0.497 e. The van der Waals surface area contributed by atoms with Crippen molar-refractivity contribution in [2.45, 2.75) is 32.2 Å². The fraction of sp³-hybridized carbons (Fsp3) is 0.524. The number of hydrogen-bond acceptors (Lipinski definition) is 4. The first kappa shape index (κ1) is 19.4. The minimum Gasteiger partial charge on any atom is -0.497 e. The Morgan fingerprint density at radius 2 is 2.00 bits per heavy atom. The van der Waals surface area contributed by atoms with Crippen LogP contribution in [-0.2, 0) is 11.8 Å². The zero-order valence-corrected chi connectivity index (χ0v) is 16.9. The first-order valence-electron chi connectivity index (χ1n) is 9.51. The number of carbonyl (C=O) groups excluding carboxylic acids is 1. The molecule has 0 spiro atoms. The maximum atomic E-state index is 12.3. The minimum atomic E-state index is 0.0926. The summed E-state index contributed by atoms with van der Waals surface area (Å²) in [6.07, 6.45) is 2.49. The van der Waals surface area contributed by atoms with Gasteiger partial charge in [0.05, 0.1) is 19.3 Å². The monoisotopic (exact) mass is 370 g/mol. The van der Waals surface area contributed by atoms with Gasteiger partial charge in [-0.3, -0.25) is 9.48 Å². The Bertz CT molecular complexity index is 784. The van der Waals surface area contributed by atoms with E-state index >= 15 is 0 Å². The highest BCUT2D eigenvalue weighted by atomic mass is 16.5. The number of aromatic nitrogens is 2. The van der Waals surface area contributed by atoms with Crippen molar-refractivity contribution < 1.29 is 9.53 Å². The highest BCUT2D eigenvalue weighted by Gasteiger charge is 2.39. The van der Waals surface area contributed by atoms with Gasteiger partial charge in [-0.05, 0) is 30.5 Å². The number of benzene rings is 1. The molecule has 0 aliphatic carbocycles. The first-order valence-corrected chi connectivity index (χ1v) is 9.51. The second-order valence-electron chi connectivity index (χ2n) is 7.56. The molecule has 2 heterocycles. The predicted octanol–water partition coefficient (Wildman–Crippen LogP) is 2.65. The van der Waals surface area contributed by atoms with Crippen LogP contribution in [-0.4, -0.2) is 47.8 Å². The van der Waals surface area contributed by atoms with Gasteiger partial charge in [0.2, 0.25) is 5.91 Å². The lowest BCUT2D eigenvalue weighted by atomic mass is 9.93. The van der Waals surface area contributed by atoms with Crippen LogP contribution in [0.1, 0.15) is 42.1 Å². The van der Waals surface area contributed by atoms with Crippen LogP contribution >= 0.6 is 0 Å². The molecular formula is C21H30N4O2. The van der Waals surface area contributed by atoms with Crippen molar-refractivity contribution in [2.24, 2.45) is 13.0 Å². The van der Waals surface area contributed by atoms with Crippen molar-refractivity contribution in [3.63, 3.8) is 0 Å². The summed E-state index contributed by atoms with van der Waals surface area (Å²) in [6.45, 7) is 5.97. The average molecular weight is 370 g/mol. The maximum absolute atomic E-state index is 12.3. The molecular weight excluding hydrogens is 340 g/mol. The molecule has 1 fully saturated rings. The van der Waals surface area contributed by atoms with E-state index < -0.39 is 0 Å². The van der Waals surface area contributed by atoms with Crippen molar-refractivity contribution in [3.05, 3.63) is 47.3 Å². The summed E-state index contributed by atoms with van der Waals surface area (Å²) in [5, 5.41) is 7.95. The van der Waals surface area contributed by atoms with Crippen molar-refractivity contribution >= 4 is 5.91 Å². The average Bonchev–Trinajstić information content (AvgIpc) is 3.14. The maximum Gasteiger partial charge on any atom is 0.223 e. The van der Waals surface area contributed by atoms with Gasteiger partial charge >= 0.3 is 0 Å². The standard InChI is InChI=1S/C21H30N4O2/c1-14(16-6-8-18(27-5)9-7-16)11-22-12-17-10-20(26)24(3)21(17)19-13-23-25(4)15(19)2/h6-9,13-14,17,21-22H,10-12H2,1-5H3/t14-,17-,21+/m0/s1. The highest BCUT2D eigenvalue weighted by molar-refractivity contribution is 5.79. The van der Waals surface area contributed by atoms with Crippen LogP contribution in [0.25, 0.3) is 0 Å². The Balaban J connectivity index is 1.61. The molecule has 0 saturated carbocycles. The molecule has 0 bridgehead atoms. The van der Waals surface area contributed by atoms with Crippen molar-refractivity contribution in [2.75, 3.05) is 27.2 Å². The summed E-state index contributed by atoms with van der Waals surface area (Å²) in [6, 6.07) is 8.31. The molecule has 3 atom stereocenters. The van der Waals surface area contributed by atoms with E-state index in [2.05, 4.69) is 36.4 Å². The SMILES string of the molecule is COc1ccc([C@@H](C)CNC[C@@H]2CC(=O)N(C)[C@H]2c2cnn(C)c2C)cc1. The molecule has 1 N–H and O–H groups in total. The number of amides is 1. The number of hydrogen-bond donors (Lipinski definition) is 1. The molecule has 146 valence electrons. The smallest absolute Gasteiger partial charge is 0.223 e. The molecule has 6 nitrogen and oxygen atoms in total. The molecule has 1 aromatic carbocycles. The van der Waals surface area contributed by atoms with Gasteiger partial charge < -0.3 is 15.0 Å². The number of nitrogens with one attached hydrogen (secondary N) is 1. The number of likely N-dealkylation sites (tertiary alicyclic amines) is 1. The van der Waals surface area contributed by atoms with Gasteiger partial charge in [0, 0.05) is 50.8 Å². The van der Waals surface area contributed by atoms with Gasteiger partial charge in [0.25, 0.3) is 0 Å². The van der Waals surface area contributed by atoms with Crippen LogP contribution in [0.5, 0.6) is 5.75 Å². The number of ether oxygens (including phenoxy) is 1. The molecule has 0 radical (unpaired) electrons. The molecule has 6 heteroatoms. The lowest BCUT2D eigenvalue weighted by molar-refractivity contribution is -0.127. The Hall–Kier alpha value is -2.34. The van der Waals surface area contributed by atoms with E-state index in [9.17, 15) is 4.79 Å². The highest BCUT2D eigenvalue weighted by Crippen LogP contribution is 2.37. The van der Waals surface area contributed by atoms with E-state index in [0.29, 0.717) is 12.3 Å².